The van der Waals surface area contributed by atoms with E-state index >= 15 is 0 Å². The third-order valence-corrected chi connectivity index (χ3v) is 5.52. The van der Waals surface area contributed by atoms with E-state index in [9.17, 15) is 9.59 Å². The van der Waals surface area contributed by atoms with Crippen LogP contribution in [-0.2, 0) is 4.79 Å². The fourth-order valence-electron chi connectivity index (χ4n) is 3.86. The van der Waals surface area contributed by atoms with Crippen molar-refractivity contribution in [3.8, 4) is 11.6 Å². The number of carbonyl (C=O) groups excluding carboxylic acids is 2. The molecule has 150 valence electrons. The Morgan fingerprint density at radius 1 is 1.21 bits per heavy atom. The largest absolute Gasteiger partial charge is 0.435 e. The van der Waals surface area contributed by atoms with Gasteiger partial charge in [0.1, 0.15) is 11.2 Å². The van der Waals surface area contributed by atoms with Gasteiger partial charge in [0.05, 0.1) is 5.56 Å². The van der Waals surface area contributed by atoms with Crippen molar-refractivity contribution in [1.82, 2.24) is 20.2 Å². The molecule has 1 fully saturated rings. The number of oxazole rings is 1. The van der Waals surface area contributed by atoms with Crippen LogP contribution in [0.3, 0.4) is 0 Å². The summed E-state index contributed by atoms with van der Waals surface area (Å²) in [5, 5.41) is 2.87. The summed E-state index contributed by atoms with van der Waals surface area (Å²) in [6.45, 7) is 2.55. The van der Waals surface area contributed by atoms with E-state index in [1.807, 2.05) is 31.2 Å². The van der Waals surface area contributed by atoms with E-state index in [-0.39, 0.29) is 23.8 Å². The van der Waals surface area contributed by atoms with Crippen molar-refractivity contribution < 1.29 is 14.0 Å². The van der Waals surface area contributed by atoms with Crippen LogP contribution in [0.2, 0.25) is 0 Å². The molecule has 0 spiro atoms. The number of aromatic nitrogens is 2. The third-order valence-electron chi connectivity index (χ3n) is 5.52. The number of rotatable bonds is 5. The van der Waals surface area contributed by atoms with Gasteiger partial charge < -0.3 is 14.6 Å². The number of nitrogens with one attached hydrogen (secondary N) is 1. The second-order valence-electron chi connectivity index (χ2n) is 7.39. The van der Waals surface area contributed by atoms with E-state index in [2.05, 4.69) is 15.3 Å². The monoisotopic (exact) mass is 392 g/mol. The van der Waals surface area contributed by atoms with E-state index in [0.717, 1.165) is 18.4 Å². The van der Waals surface area contributed by atoms with Crippen LogP contribution < -0.4 is 5.32 Å². The predicted molar refractivity (Wildman–Crippen MR) is 109 cm³/mol. The van der Waals surface area contributed by atoms with Gasteiger partial charge in [0.15, 0.2) is 5.58 Å². The van der Waals surface area contributed by atoms with E-state index in [1.165, 1.54) is 0 Å². The molecular weight excluding hydrogens is 368 g/mol. The fraction of sp³-hybridized carbons (Fsp3) is 0.364. The van der Waals surface area contributed by atoms with Crippen molar-refractivity contribution in [2.24, 2.45) is 5.92 Å². The van der Waals surface area contributed by atoms with Gasteiger partial charge in [-0.25, -0.2) is 4.98 Å². The molecule has 2 atom stereocenters. The van der Waals surface area contributed by atoms with E-state index in [1.54, 1.807) is 30.3 Å². The molecule has 2 aromatic heterocycles. The highest BCUT2D eigenvalue weighted by Crippen LogP contribution is 2.30. The molecule has 2 heterocycles. The number of benzene rings is 1. The summed E-state index contributed by atoms with van der Waals surface area (Å²) in [5.41, 5.74) is 2.56. The van der Waals surface area contributed by atoms with E-state index in [4.69, 9.17) is 4.42 Å². The summed E-state index contributed by atoms with van der Waals surface area (Å²) in [7, 11) is 1.79. The maximum atomic E-state index is 12.9. The van der Waals surface area contributed by atoms with Crippen molar-refractivity contribution in [2.45, 2.75) is 32.2 Å². The zero-order valence-corrected chi connectivity index (χ0v) is 16.6. The van der Waals surface area contributed by atoms with Crippen molar-refractivity contribution in [3.63, 3.8) is 0 Å². The van der Waals surface area contributed by atoms with Gasteiger partial charge in [-0.3, -0.25) is 14.6 Å². The number of para-hydroxylation sites is 2. The zero-order valence-electron chi connectivity index (χ0n) is 16.6. The van der Waals surface area contributed by atoms with Gasteiger partial charge in [-0.1, -0.05) is 12.1 Å². The summed E-state index contributed by atoms with van der Waals surface area (Å²) in [6.07, 6.45) is 3.89. The smallest absolute Gasteiger partial charge is 0.255 e. The molecule has 0 unspecified atom stereocenters. The minimum atomic E-state index is -0.0943. The molecule has 1 saturated carbocycles. The van der Waals surface area contributed by atoms with Crippen molar-refractivity contribution in [3.05, 3.63) is 48.2 Å². The van der Waals surface area contributed by atoms with Crippen LogP contribution in [0, 0.1) is 5.92 Å². The molecule has 1 aliphatic carbocycles. The minimum Gasteiger partial charge on any atom is -0.435 e. The fourth-order valence-corrected chi connectivity index (χ4v) is 3.86. The Hall–Kier alpha value is -3.22. The molecule has 7 nitrogen and oxygen atoms in total. The first-order valence-electron chi connectivity index (χ1n) is 9.93. The lowest BCUT2D eigenvalue weighted by Crippen LogP contribution is -2.36. The number of fused-ring (bicyclic) bond motifs is 1. The van der Waals surface area contributed by atoms with Crippen LogP contribution in [-0.4, -0.2) is 46.3 Å². The third kappa shape index (κ3) is 3.85. The molecule has 1 aromatic carbocycles. The molecular formula is C22H24N4O3. The van der Waals surface area contributed by atoms with Crippen molar-refractivity contribution >= 4 is 22.9 Å². The molecule has 4 rings (SSSR count). The molecule has 2 amide bonds. The molecule has 0 saturated heterocycles. The predicted octanol–water partition coefficient (Wildman–Crippen LogP) is 3.27. The van der Waals surface area contributed by atoms with Gasteiger partial charge in [0, 0.05) is 31.7 Å². The highest BCUT2D eigenvalue weighted by atomic mass is 16.3. The highest BCUT2D eigenvalue weighted by Gasteiger charge is 2.33. The lowest BCUT2D eigenvalue weighted by Gasteiger charge is -2.24. The Labute approximate surface area is 169 Å². The average Bonchev–Trinajstić information content (AvgIpc) is 3.40. The lowest BCUT2D eigenvalue weighted by atomic mass is 10.1. The summed E-state index contributed by atoms with van der Waals surface area (Å²) < 4.78 is 5.73. The quantitative estimate of drug-likeness (QED) is 0.720. The maximum absolute atomic E-state index is 12.9. The second-order valence-corrected chi connectivity index (χ2v) is 7.39. The topological polar surface area (TPSA) is 88.3 Å². The average molecular weight is 392 g/mol. The SMILES string of the molecule is CCNC(=O)[C@H]1CC[C@@H](N(C)C(=O)c2ccc(-c3nc4ccccc4o3)nc2)C1. The molecule has 29 heavy (non-hydrogen) atoms. The van der Waals surface area contributed by atoms with Crippen LogP contribution in [0.4, 0.5) is 0 Å². The van der Waals surface area contributed by atoms with Crippen LogP contribution in [0.25, 0.3) is 22.7 Å². The molecule has 1 N–H and O–H groups in total. The van der Waals surface area contributed by atoms with E-state index < -0.39 is 0 Å². The first-order valence-corrected chi connectivity index (χ1v) is 9.93. The maximum Gasteiger partial charge on any atom is 0.255 e. The summed E-state index contributed by atoms with van der Waals surface area (Å²) in [6, 6.07) is 11.1. The van der Waals surface area contributed by atoms with Crippen LogP contribution in [0.5, 0.6) is 0 Å². The normalized spacial score (nSPS) is 18.7. The Morgan fingerprint density at radius 2 is 2.03 bits per heavy atom. The number of hydrogen-bond donors (Lipinski definition) is 1. The van der Waals surface area contributed by atoms with Crippen LogP contribution in [0.1, 0.15) is 36.5 Å². The summed E-state index contributed by atoms with van der Waals surface area (Å²) in [5.74, 6) is 0.400. The molecule has 1 aliphatic rings. The Balaban J connectivity index is 1.44. The molecule has 7 heteroatoms. The number of carbonyl (C=O) groups is 2. The zero-order chi connectivity index (χ0) is 20.4. The second kappa shape index (κ2) is 8.03. The lowest BCUT2D eigenvalue weighted by molar-refractivity contribution is -0.124. The summed E-state index contributed by atoms with van der Waals surface area (Å²) in [4.78, 5) is 35.5. The number of nitrogens with zero attached hydrogens (tertiary/aromatic N) is 3. The van der Waals surface area contributed by atoms with Gasteiger partial charge in [-0.2, -0.15) is 0 Å². The van der Waals surface area contributed by atoms with Crippen LogP contribution in [0.15, 0.2) is 47.0 Å². The molecule has 0 aliphatic heterocycles. The van der Waals surface area contributed by atoms with Crippen LogP contribution >= 0.6 is 0 Å². The number of amides is 2. The van der Waals surface area contributed by atoms with Gasteiger partial charge in [-0.05, 0) is 50.5 Å². The standard InChI is InChI=1S/C22H24N4O3/c1-3-23-20(27)14-8-10-16(12-14)26(2)22(28)15-9-11-18(24-13-15)21-25-17-6-4-5-7-19(17)29-21/h4-7,9,11,13-14,16H,3,8,10,12H2,1-2H3,(H,23,27)/t14-,16+/m0/s1. The number of pyridine rings is 1. The molecule has 3 aromatic rings. The van der Waals surface area contributed by atoms with Crippen molar-refractivity contribution in [2.75, 3.05) is 13.6 Å². The first-order chi connectivity index (χ1) is 14.1. The van der Waals surface area contributed by atoms with Gasteiger partial charge in [0.25, 0.3) is 5.91 Å². The Kier molecular flexibility index (Phi) is 5.29. The number of hydrogen-bond acceptors (Lipinski definition) is 5. The molecule has 0 radical (unpaired) electrons. The van der Waals surface area contributed by atoms with E-state index in [0.29, 0.717) is 35.7 Å². The minimum absolute atomic E-state index is 0.0186. The molecule has 0 bridgehead atoms. The summed E-state index contributed by atoms with van der Waals surface area (Å²) >= 11 is 0. The van der Waals surface area contributed by atoms with Crippen molar-refractivity contribution in [1.29, 1.82) is 0 Å². The highest BCUT2D eigenvalue weighted by molar-refractivity contribution is 5.94. The van der Waals surface area contributed by atoms with Gasteiger partial charge >= 0.3 is 0 Å². The Bertz CT molecular complexity index is 995. The first kappa shape index (κ1) is 19.1. The Morgan fingerprint density at radius 3 is 2.76 bits per heavy atom. The van der Waals surface area contributed by atoms with Gasteiger partial charge in [0.2, 0.25) is 11.8 Å². The van der Waals surface area contributed by atoms with Gasteiger partial charge in [-0.15, -0.1) is 0 Å².